The highest BCUT2D eigenvalue weighted by molar-refractivity contribution is 6.10. The van der Waals surface area contributed by atoms with Crippen LogP contribution < -0.4 is 4.90 Å². The van der Waals surface area contributed by atoms with Gasteiger partial charge in [0.1, 0.15) is 11.7 Å². The number of fused-ring (bicyclic) bond motifs is 3. The van der Waals surface area contributed by atoms with Gasteiger partial charge in [0.25, 0.3) is 0 Å². The van der Waals surface area contributed by atoms with Crippen molar-refractivity contribution in [2.75, 3.05) is 11.9 Å². The molecule has 0 N–H and O–H groups in total. The molecule has 3 heteroatoms. The van der Waals surface area contributed by atoms with E-state index in [2.05, 4.69) is 31.2 Å². The Kier molecular flexibility index (Phi) is 3.25. The number of nitriles is 1. The molecule has 0 unspecified atom stereocenters. The van der Waals surface area contributed by atoms with Crippen LogP contribution in [0.25, 0.3) is 21.9 Å². The minimum atomic E-state index is 0.643. The second-order valence-electron chi connectivity index (χ2n) is 5.90. The molecule has 0 aliphatic rings. The van der Waals surface area contributed by atoms with Crippen molar-refractivity contribution >= 4 is 33.3 Å². The molecule has 4 rings (SSSR count). The van der Waals surface area contributed by atoms with Crippen LogP contribution in [0.4, 0.5) is 11.4 Å². The molecule has 116 valence electrons. The lowest BCUT2D eigenvalue weighted by atomic mass is 10.1. The van der Waals surface area contributed by atoms with Gasteiger partial charge in [-0.3, -0.25) is 0 Å². The highest BCUT2D eigenvalue weighted by Gasteiger charge is 2.16. The minimum Gasteiger partial charge on any atom is -0.454 e. The van der Waals surface area contributed by atoms with E-state index in [1.807, 2.05) is 54.4 Å². The molecule has 0 bridgehead atoms. The summed E-state index contributed by atoms with van der Waals surface area (Å²) in [5.74, 6) is 0. The van der Waals surface area contributed by atoms with Crippen molar-refractivity contribution in [3.8, 4) is 6.07 Å². The summed E-state index contributed by atoms with van der Waals surface area (Å²) in [6, 6.07) is 22.2. The Morgan fingerprint density at radius 3 is 2.29 bits per heavy atom. The van der Waals surface area contributed by atoms with Gasteiger partial charge in [-0.15, -0.1) is 0 Å². The van der Waals surface area contributed by atoms with Crippen molar-refractivity contribution < 1.29 is 4.42 Å². The van der Waals surface area contributed by atoms with Crippen LogP contribution >= 0.6 is 0 Å². The van der Waals surface area contributed by atoms with Gasteiger partial charge in [0.05, 0.1) is 16.9 Å². The van der Waals surface area contributed by atoms with Crippen molar-refractivity contribution in [1.29, 1.82) is 5.26 Å². The van der Waals surface area contributed by atoms with Gasteiger partial charge in [0.15, 0.2) is 5.58 Å². The van der Waals surface area contributed by atoms with Crippen LogP contribution in [-0.4, -0.2) is 7.05 Å². The molecule has 3 aromatic carbocycles. The summed E-state index contributed by atoms with van der Waals surface area (Å²) in [5, 5.41) is 11.6. The molecule has 0 saturated carbocycles. The van der Waals surface area contributed by atoms with Crippen LogP contribution in [0.3, 0.4) is 0 Å². The number of furan rings is 1. The van der Waals surface area contributed by atoms with Gasteiger partial charge in [-0.2, -0.15) is 5.26 Å². The summed E-state index contributed by atoms with van der Waals surface area (Å²) in [4.78, 5) is 2.01. The Balaban J connectivity index is 1.99. The van der Waals surface area contributed by atoms with Crippen molar-refractivity contribution in [3.05, 3.63) is 71.8 Å². The number of hydrogen-bond donors (Lipinski definition) is 0. The lowest BCUT2D eigenvalue weighted by Gasteiger charge is -2.20. The maximum absolute atomic E-state index is 9.38. The molecule has 0 radical (unpaired) electrons. The van der Waals surface area contributed by atoms with Crippen molar-refractivity contribution in [1.82, 2.24) is 0 Å². The number of hydrogen-bond acceptors (Lipinski definition) is 3. The summed E-state index contributed by atoms with van der Waals surface area (Å²) in [6.07, 6.45) is 0. The van der Waals surface area contributed by atoms with E-state index in [4.69, 9.17) is 4.42 Å². The number of benzene rings is 3. The molecule has 4 aromatic rings. The van der Waals surface area contributed by atoms with E-state index in [0.717, 1.165) is 38.9 Å². The van der Waals surface area contributed by atoms with E-state index < -0.39 is 0 Å². The van der Waals surface area contributed by atoms with E-state index in [1.165, 1.54) is 0 Å². The van der Waals surface area contributed by atoms with Crippen LogP contribution in [0, 0.1) is 18.3 Å². The average Bonchev–Trinajstić information content (AvgIpc) is 3.01. The molecule has 0 saturated heterocycles. The van der Waals surface area contributed by atoms with Crippen LogP contribution in [-0.2, 0) is 0 Å². The molecule has 1 heterocycles. The smallest absolute Gasteiger partial charge is 0.159 e. The summed E-state index contributed by atoms with van der Waals surface area (Å²) in [5.41, 5.74) is 5.34. The highest BCUT2D eigenvalue weighted by Crippen LogP contribution is 2.38. The summed E-state index contributed by atoms with van der Waals surface area (Å²) >= 11 is 0. The third-order valence-corrected chi connectivity index (χ3v) is 4.45. The second kappa shape index (κ2) is 5.43. The zero-order valence-corrected chi connectivity index (χ0v) is 13.6. The maximum Gasteiger partial charge on any atom is 0.159 e. The maximum atomic E-state index is 9.38. The first-order valence-corrected chi connectivity index (χ1v) is 7.84. The predicted octanol–water partition coefficient (Wildman–Crippen LogP) is 5.53. The Hall–Kier alpha value is -3.25. The van der Waals surface area contributed by atoms with Crippen molar-refractivity contribution in [2.45, 2.75) is 6.92 Å². The van der Waals surface area contributed by atoms with Gasteiger partial charge in [-0.25, -0.2) is 0 Å². The molecule has 0 fully saturated rings. The standard InChI is InChI=1S/C21H16N2O/c1-14-7-5-9-16-17-10-6-12-19(21(17)24-20(14)16)23(2)18-11-4-3-8-15(18)13-22/h3-12H,1-2H3. The summed E-state index contributed by atoms with van der Waals surface area (Å²) in [7, 11) is 1.96. The normalized spacial score (nSPS) is 10.9. The van der Waals surface area contributed by atoms with E-state index in [-0.39, 0.29) is 0 Å². The molecule has 0 amide bonds. The number of nitrogens with zero attached hydrogens (tertiary/aromatic N) is 2. The first-order valence-electron chi connectivity index (χ1n) is 7.84. The number of para-hydroxylation sites is 3. The summed E-state index contributed by atoms with van der Waals surface area (Å²) in [6.45, 7) is 2.05. The van der Waals surface area contributed by atoms with Crippen molar-refractivity contribution in [3.63, 3.8) is 0 Å². The molecule has 3 nitrogen and oxygen atoms in total. The zero-order chi connectivity index (χ0) is 16.7. The second-order valence-corrected chi connectivity index (χ2v) is 5.90. The van der Waals surface area contributed by atoms with E-state index in [9.17, 15) is 5.26 Å². The first kappa shape index (κ1) is 14.3. The Bertz CT molecular complexity index is 1100. The quantitative estimate of drug-likeness (QED) is 0.488. The Labute approximate surface area is 140 Å². The predicted molar refractivity (Wildman–Crippen MR) is 97.7 cm³/mol. The van der Waals surface area contributed by atoms with Gasteiger partial charge in [0, 0.05) is 17.8 Å². The number of aryl methyl sites for hydroxylation is 1. The van der Waals surface area contributed by atoms with Gasteiger partial charge in [-0.1, -0.05) is 42.5 Å². The molecule has 24 heavy (non-hydrogen) atoms. The Morgan fingerprint density at radius 2 is 1.50 bits per heavy atom. The molecule has 1 aromatic heterocycles. The van der Waals surface area contributed by atoms with E-state index in [0.29, 0.717) is 5.56 Å². The molecule has 0 aliphatic heterocycles. The topological polar surface area (TPSA) is 40.2 Å². The average molecular weight is 312 g/mol. The van der Waals surface area contributed by atoms with Gasteiger partial charge in [-0.05, 0) is 30.7 Å². The van der Waals surface area contributed by atoms with Crippen molar-refractivity contribution in [2.24, 2.45) is 0 Å². The van der Waals surface area contributed by atoms with Crippen LogP contribution in [0.1, 0.15) is 11.1 Å². The fourth-order valence-electron chi connectivity index (χ4n) is 3.20. The van der Waals surface area contributed by atoms with Gasteiger partial charge < -0.3 is 9.32 Å². The Morgan fingerprint density at radius 1 is 0.833 bits per heavy atom. The third kappa shape index (κ3) is 2.04. The fourth-order valence-corrected chi connectivity index (χ4v) is 3.20. The molecule has 0 spiro atoms. The van der Waals surface area contributed by atoms with Crippen LogP contribution in [0.5, 0.6) is 0 Å². The van der Waals surface area contributed by atoms with E-state index in [1.54, 1.807) is 0 Å². The lowest BCUT2D eigenvalue weighted by molar-refractivity contribution is 0.665. The highest BCUT2D eigenvalue weighted by atomic mass is 16.3. The fraction of sp³-hybridized carbons (Fsp3) is 0.0952. The first-order chi connectivity index (χ1) is 11.7. The number of rotatable bonds is 2. The molecule has 0 atom stereocenters. The van der Waals surface area contributed by atoms with Gasteiger partial charge >= 0.3 is 0 Å². The van der Waals surface area contributed by atoms with Gasteiger partial charge in [0.2, 0.25) is 0 Å². The van der Waals surface area contributed by atoms with Crippen LogP contribution in [0.2, 0.25) is 0 Å². The lowest BCUT2D eigenvalue weighted by Crippen LogP contribution is -2.11. The zero-order valence-electron chi connectivity index (χ0n) is 13.6. The van der Waals surface area contributed by atoms with Crippen LogP contribution in [0.15, 0.2) is 65.1 Å². The minimum absolute atomic E-state index is 0.643. The molecular weight excluding hydrogens is 296 g/mol. The SMILES string of the molecule is Cc1cccc2c1oc1c(N(C)c3ccccc3C#N)cccc12. The van der Waals surface area contributed by atoms with E-state index >= 15 is 0 Å². The number of anilines is 2. The molecular formula is C21H16N2O. The largest absolute Gasteiger partial charge is 0.454 e. The summed E-state index contributed by atoms with van der Waals surface area (Å²) < 4.78 is 6.21. The molecule has 0 aliphatic carbocycles. The monoisotopic (exact) mass is 312 g/mol. The third-order valence-electron chi connectivity index (χ3n) is 4.45.